The average Bonchev–Trinajstić information content (AvgIpc) is 2.66. The molecule has 0 unspecified atom stereocenters. The first-order valence-corrected chi connectivity index (χ1v) is 8.12. The van der Waals surface area contributed by atoms with Gasteiger partial charge in [0.15, 0.2) is 5.82 Å². The molecule has 2 aromatic rings. The lowest BCUT2D eigenvalue weighted by Gasteiger charge is -2.20. The lowest BCUT2D eigenvalue weighted by Crippen LogP contribution is -2.26. The highest BCUT2D eigenvalue weighted by Gasteiger charge is 2.18. The summed E-state index contributed by atoms with van der Waals surface area (Å²) in [5.74, 6) is 2.18. The Morgan fingerprint density at radius 2 is 2.24 bits per heavy atom. The number of pyridine rings is 1. The van der Waals surface area contributed by atoms with E-state index in [1.165, 1.54) is 11.8 Å². The molecule has 21 heavy (non-hydrogen) atoms. The van der Waals surface area contributed by atoms with Crippen molar-refractivity contribution >= 4 is 35.3 Å². The molecule has 0 atom stereocenters. The summed E-state index contributed by atoms with van der Waals surface area (Å²) in [6.07, 6.45) is 5.85. The number of rotatable bonds is 3. The number of imidazole rings is 1. The lowest BCUT2D eigenvalue weighted by atomic mass is 10.3. The summed E-state index contributed by atoms with van der Waals surface area (Å²) in [7, 11) is 0. The van der Waals surface area contributed by atoms with E-state index in [9.17, 15) is 4.79 Å². The first-order valence-electron chi connectivity index (χ1n) is 6.96. The number of nitrogens with zero attached hydrogens (tertiary/aromatic N) is 3. The van der Waals surface area contributed by atoms with Crippen molar-refractivity contribution < 1.29 is 9.90 Å². The minimum absolute atomic E-state index is 0.833. The molecule has 6 heteroatoms. The SMILES string of the molecule is O=C(O)C=Cc1c(N2CCCSCC2)nc2ccccn12. The number of hydrogen-bond donors (Lipinski definition) is 1. The van der Waals surface area contributed by atoms with Crippen molar-refractivity contribution in [1.29, 1.82) is 0 Å². The van der Waals surface area contributed by atoms with E-state index in [4.69, 9.17) is 10.1 Å². The van der Waals surface area contributed by atoms with Crippen molar-refractivity contribution in [3.8, 4) is 0 Å². The van der Waals surface area contributed by atoms with Crippen LogP contribution in [0.25, 0.3) is 11.7 Å². The highest BCUT2D eigenvalue weighted by molar-refractivity contribution is 7.99. The number of carboxylic acid groups (broad SMARTS) is 1. The monoisotopic (exact) mass is 303 g/mol. The van der Waals surface area contributed by atoms with E-state index in [1.807, 2.05) is 40.6 Å². The zero-order chi connectivity index (χ0) is 14.7. The maximum absolute atomic E-state index is 10.8. The Bertz CT molecular complexity index is 673. The average molecular weight is 303 g/mol. The number of carbonyl (C=O) groups is 1. The van der Waals surface area contributed by atoms with Crippen molar-refractivity contribution in [3.05, 3.63) is 36.2 Å². The Labute approximate surface area is 127 Å². The summed E-state index contributed by atoms with van der Waals surface area (Å²) in [6.45, 7) is 1.91. The molecule has 1 fully saturated rings. The zero-order valence-corrected chi connectivity index (χ0v) is 12.4. The first-order chi connectivity index (χ1) is 10.3. The Morgan fingerprint density at radius 3 is 3.10 bits per heavy atom. The minimum Gasteiger partial charge on any atom is -0.478 e. The normalized spacial score (nSPS) is 16.5. The van der Waals surface area contributed by atoms with Gasteiger partial charge in [-0.3, -0.25) is 4.40 Å². The Kier molecular flexibility index (Phi) is 4.15. The first kappa shape index (κ1) is 14.0. The molecule has 110 valence electrons. The fraction of sp³-hybridized carbons (Fsp3) is 0.333. The third-order valence-corrected chi connectivity index (χ3v) is 4.50. The van der Waals surface area contributed by atoms with E-state index in [-0.39, 0.29) is 0 Å². The highest BCUT2D eigenvalue weighted by Crippen LogP contribution is 2.25. The predicted molar refractivity (Wildman–Crippen MR) is 86.0 cm³/mol. The molecule has 0 radical (unpaired) electrons. The standard InChI is InChI=1S/C15H17N3O2S/c19-14(20)6-5-12-15(17-7-3-10-21-11-9-17)16-13-4-1-2-8-18(12)13/h1-2,4-6,8H,3,7,9-11H2,(H,19,20). The van der Waals surface area contributed by atoms with Gasteiger partial charge in [-0.25, -0.2) is 9.78 Å². The molecule has 3 heterocycles. The largest absolute Gasteiger partial charge is 0.478 e. The van der Waals surface area contributed by atoms with E-state index >= 15 is 0 Å². The summed E-state index contributed by atoms with van der Waals surface area (Å²) in [4.78, 5) is 17.8. The Morgan fingerprint density at radius 1 is 1.33 bits per heavy atom. The van der Waals surface area contributed by atoms with Crippen LogP contribution in [0.1, 0.15) is 12.1 Å². The van der Waals surface area contributed by atoms with Gasteiger partial charge in [-0.2, -0.15) is 11.8 Å². The summed E-state index contributed by atoms with van der Waals surface area (Å²) >= 11 is 1.96. The van der Waals surface area contributed by atoms with Crippen LogP contribution in [-0.4, -0.2) is 45.1 Å². The molecule has 1 aliphatic heterocycles. The second-order valence-electron chi connectivity index (χ2n) is 4.87. The molecule has 3 rings (SSSR count). The summed E-state index contributed by atoms with van der Waals surface area (Å²) in [6, 6.07) is 5.80. The summed E-state index contributed by atoms with van der Waals surface area (Å²) < 4.78 is 1.94. The predicted octanol–water partition coefficient (Wildman–Crippen LogP) is 2.38. The van der Waals surface area contributed by atoms with E-state index in [2.05, 4.69) is 4.90 Å². The third kappa shape index (κ3) is 3.05. The van der Waals surface area contributed by atoms with Crippen LogP contribution < -0.4 is 4.90 Å². The topological polar surface area (TPSA) is 57.8 Å². The van der Waals surface area contributed by atoms with E-state index < -0.39 is 5.97 Å². The number of fused-ring (bicyclic) bond motifs is 1. The van der Waals surface area contributed by atoms with Crippen molar-refractivity contribution in [2.75, 3.05) is 29.5 Å². The smallest absolute Gasteiger partial charge is 0.328 e. The number of hydrogen-bond acceptors (Lipinski definition) is 4. The fourth-order valence-corrected chi connectivity index (χ4v) is 3.38. The van der Waals surface area contributed by atoms with Crippen LogP contribution in [0.4, 0.5) is 5.82 Å². The van der Waals surface area contributed by atoms with Gasteiger partial charge in [-0.05, 0) is 30.4 Å². The van der Waals surface area contributed by atoms with Gasteiger partial charge in [-0.1, -0.05) is 6.07 Å². The second kappa shape index (κ2) is 6.22. The van der Waals surface area contributed by atoms with Crippen molar-refractivity contribution in [2.24, 2.45) is 0 Å². The fourth-order valence-electron chi connectivity index (χ4n) is 2.50. The molecule has 1 aliphatic rings. The van der Waals surface area contributed by atoms with Crippen LogP contribution in [0, 0.1) is 0 Å². The van der Waals surface area contributed by atoms with Crippen LogP contribution in [0.5, 0.6) is 0 Å². The van der Waals surface area contributed by atoms with E-state index in [0.29, 0.717) is 0 Å². The molecular weight excluding hydrogens is 286 g/mol. The van der Waals surface area contributed by atoms with Crippen LogP contribution in [0.2, 0.25) is 0 Å². The van der Waals surface area contributed by atoms with Gasteiger partial charge in [0.1, 0.15) is 5.65 Å². The molecule has 0 aromatic carbocycles. The van der Waals surface area contributed by atoms with E-state index in [1.54, 1.807) is 6.08 Å². The highest BCUT2D eigenvalue weighted by atomic mass is 32.2. The molecular formula is C15H17N3O2S. The number of aliphatic carboxylic acids is 1. The maximum atomic E-state index is 10.8. The van der Waals surface area contributed by atoms with Crippen LogP contribution in [-0.2, 0) is 4.79 Å². The van der Waals surface area contributed by atoms with Gasteiger partial charge >= 0.3 is 5.97 Å². The van der Waals surface area contributed by atoms with E-state index in [0.717, 1.165) is 42.4 Å². The van der Waals surface area contributed by atoms with Gasteiger partial charge in [0, 0.05) is 31.1 Å². The van der Waals surface area contributed by atoms with Gasteiger partial charge < -0.3 is 10.0 Å². The minimum atomic E-state index is -0.946. The number of carboxylic acids is 1. The third-order valence-electron chi connectivity index (χ3n) is 3.45. The zero-order valence-electron chi connectivity index (χ0n) is 11.6. The molecule has 0 aliphatic carbocycles. The Hall–Kier alpha value is -1.95. The van der Waals surface area contributed by atoms with Crippen molar-refractivity contribution in [2.45, 2.75) is 6.42 Å². The summed E-state index contributed by atoms with van der Waals surface area (Å²) in [5, 5.41) is 8.90. The molecule has 0 saturated carbocycles. The molecule has 1 saturated heterocycles. The van der Waals surface area contributed by atoms with Crippen molar-refractivity contribution in [3.63, 3.8) is 0 Å². The lowest BCUT2D eigenvalue weighted by molar-refractivity contribution is -0.131. The molecule has 0 amide bonds. The molecule has 2 aromatic heterocycles. The molecule has 0 spiro atoms. The van der Waals surface area contributed by atoms with Crippen molar-refractivity contribution in [1.82, 2.24) is 9.38 Å². The van der Waals surface area contributed by atoms with Gasteiger partial charge in [0.25, 0.3) is 0 Å². The van der Waals surface area contributed by atoms with Gasteiger partial charge in [-0.15, -0.1) is 0 Å². The maximum Gasteiger partial charge on any atom is 0.328 e. The quantitative estimate of drug-likeness (QED) is 0.882. The van der Waals surface area contributed by atoms with Crippen LogP contribution in [0.15, 0.2) is 30.5 Å². The molecule has 5 nitrogen and oxygen atoms in total. The molecule has 0 bridgehead atoms. The number of aromatic nitrogens is 2. The van der Waals surface area contributed by atoms with Gasteiger partial charge in [0.05, 0.1) is 5.69 Å². The van der Waals surface area contributed by atoms with Gasteiger partial charge in [0.2, 0.25) is 0 Å². The number of thioether (sulfide) groups is 1. The van der Waals surface area contributed by atoms with Crippen LogP contribution in [0.3, 0.4) is 0 Å². The number of anilines is 1. The Balaban J connectivity index is 2.06. The summed E-state index contributed by atoms with van der Waals surface area (Å²) in [5.41, 5.74) is 1.68. The van der Waals surface area contributed by atoms with Crippen LogP contribution >= 0.6 is 11.8 Å². The second-order valence-corrected chi connectivity index (χ2v) is 6.10. The molecule has 1 N–H and O–H groups in total.